The number of phenols is 1. The zero-order valence-electron chi connectivity index (χ0n) is 17.7. The Balaban J connectivity index is 1.42. The number of phenolic OH excluding ortho intramolecular Hbond substituents is 1. The van der Waals surface area contributed by atoms with E-state index in [1.807, 2.05) is 0 Å². The maximum absolute atomic E-state index is 12.8. The van der Waals surface area contributed by atoms with Gasteiger partial charge in [-0.3, -0.25) is 19.3 Å². The van der Waals surface area contributed by atoms with Crippen LogP contribution in [0.15, 0.2) is 45.2 Å². The lowest BCUT2D eigenvalue weighted by molar-refractivity contribution is -0.151. The van der Waals surface area contributed by atoms with E-state index in [-0.39, 0.29) is 39.6 Å². The third-order valence-corrected chi connectivity index (χ3v) is 7.37. The minimum absolute atomic E-state index is 0.0356. The van der Waals surface area contributed by atoms with E-state index >= 15 is 0 Å². The number of aliphatic carboxylic acids is 2. The van der Waals surface area contributed by atoms with Crippen molar-refractivity contribution in [3.05, 3.63) is 47.0 Å². The van der Waals surface area contributed by atoms with Crippen LogP contribution in [0.1, 0.15) is 17.6 Å². The number of benzene rings is 1. The number of aromatic nitrogens is 2. The quantitative estimate of drug-likeness (QED) is 0.217. The molecule has 1 aromatic heterocycles. The van der Waals surface area contributed by atoms with E-state index in [4.69, 9.17) is 9.52 Å². The number of aliphatic hydroxyl groups is 1. The minimum Gasteiger partial charge on any atom is -0.508 e. The highest BCUT2D eigenvalue weighted by Gasteiger charge is 2.54. The van der Waals surface area contributed by atoms with Crippen LogP contribution in [0.25, 0.3) is 0 Å². The molecule has 0 radical (unpaired) electrons. The number of carbonyl (C=O) groups excluding carboxylic acids is 2. The van der Waals surface area contributed by atoms with Crippen LogP contribution in [0.5, 0.6) is 5.75 Å². The van der Waals surface area contributed by atoms with Gasteiger partial charge in [0.05, 0.1) is 0 Å². The molecule has 3 heterocycles. The van der Waals surface area contributed by atoms with Crippen molar-refractivity contribution in [2.75, 3.05) is 11.5 Å². The normalized spacial score (nSPS) is 20.1. The van der Waals surface area contributed by atoms with Gasteiger partial charge >= 0.3 is 11.9 Å². The SMILES string of the molecule is O=C(O)Cc1nnc(SCC2=C(C(=O)O)N3C(=O)C(NC(=O)C(O)c4ccc(O)cc4)[C@H]3SC2)o1. The standard InChI is InChI=1S/C20H18N4O9S2/c25-10-3-1-8(2-4-10)15(28)16(29)21-13-17(30)24-14(19(31)32)9(6-34-18(13)24)7-35-20-23-22-11(33-20)5-12(26)27/h1-4,13,15,18,25,28H,5-7H2,(H,21,29)(H,26,27)(H,31,32)/t13?,15?,18-/m1/s1. The molecule has 0 spiro atoms. The largest absolute Gasteiger partial charge is 0.508 e. The number of fused-ring (bicyclic) bond motifs is 1. The molecule has 1 fully saturated rings. The van der Waals surface area contributed by atoms with Crippen molar-refractivity contribution in [3.8, 4) is 5.75 Å². The van der Waals surface area contributed by atoms with Crippen molar-refractivity contribution in [3.63, 3.8) is 0 Å². The maximum atomic E-state index is 12.8. The highest BCUT2D eigenvalue weighted by molar-refractivity contribution is 8.01. The Morgan fingerprint density at radius 1 is 1.23 bits per heavy atom. The van der Waals surface area contributed by atoms with Crippen LogP contribution in [-0.2, 0) is 25.6 Å². The summed E-state index contributed by atoms with van der Waals surface area (Å²) >= 11 is 2.26. The number of hydrogen-bond acceptors (Lipinski definition) is 11. The Labute approximate surface area is 205 Å². The average Bonchev–Trinajstić information content (AvgIpc) is 3.26. The van der Waals surface area contributed by atoms with Gasteiger partial charge in [-0.1, -0.05) is 23.9 Å². The van der Waals surface area contributed by atoms with Gasteiger partial charge in [-0.25, -0.2) is 4.79 Å². The van der Waals surface area contributed by atoms with E-state index in [0.29, 0.717) is 5.57 Å². The molecule has 4 rings (SSSR count). The summed E-state index contributed by atoms with van der Waals surface area (Å²) in [6.45, 7) is 0. The minimum atomic E-state index is -1.58. The number of amides is 2. The lowest BCUT2D eigenvalue weighted by Crippen LogP contribution is -2.70. The van der Waals surface area contributed by atoms with Crippen LogP contribution in [-0.4, -0.2) is 82.2 Å². The molecule has 35 heavy (non-hydrogen) atoms. The number of β-lactam (4-membered cyclic amide) rings is 1. The molecule has 2 aliphatic heterocycles. The highest BCUT2D eigenvalue weighted by Crippen LogP contribution is 2.41. The maximum Gasteiger partial charge on any atom is 0.352 e. The van der Waals surface area contributed by atoms with Crippen molar-refractivity contribution in [1.82, 2.24) is 20.4 Å². The van der Waals surface area contributed by atoms with E-state index < -0.39 is 47.7 Å². The summed E-state index contributed by atoms with van der Waals surface area (Å²) in [6.07, 6.45) is -2.02. The van der Waals surface area contributed by atoms with Gasteiger partial charge in [0.2, 0.25) is 5.89 Å². The second kappa shape index (κ2) is 9.97. The number of nitrogens with one attached hydrogen (secondary N) is 1. The highest BCUT2D eigenvalue weighted by atomic mass is 32.2. The summed E-state index contributed by atoms with van der Waals surface area (Å²) in [4.78, 5) is 49.0. The van der Waals surface area contributed by atoms with Crippen molar-refractivity contribution < 1.29 is 44.0 Å². The van der Waals surface area contributed by atoms with Gasteiger partial charge < -0.3 is 30.2 Å². The molecule has 2 unspecified atom stereocenters. The van der Waals surface area contributed by atoms with Crippen molar-refractivity contribution >= 4 is 47.3 Å². The first-order valence-corrected chi connectivity index (χ1v) is 12.0. The van der Waals surface area contributed by atoms with E-state index in [2.05, 4.69) is 15.5 Å². The van der Waals surface area contributed by atoms with Crippen LogP contribution in [0.2, 0.25) is 0 Å². The molecule has 5 N–H and O–H groups in total. The van der Waals surface area contributed by atoms with Crippen molar-refractivity contribution in [2.24, 2.45) is 0 Å². The lowest BCUT2D eigenvalue weighted by Gasteiger charge is -2.49. The van der Waals surface area contributed by atoms with E-state index in [9.17, 15) is 34.5 Å². The summed E-state index contributed by atoms with van der Waals surface area (Å²) in [7, 11) is 0. The molecule has 2 amide bonds. The second-order valence-electron chi connectivity index (χ2n) is 7.47. The number of carbonyl (C=O) groups is 4. The number of carboxylic acids is 2. The van der Waals surface area contributed by atoms with E-state index in [0.717, 1.165) is 16.7 Å². The van der Waals surface area contributed by atoms with Crippen LogP contribution < -0.4 is 5.32 Å². The van der Waals surface area contributed by atoms with E-state index in [1.165, 1.54) is 36.0 Å². The molecular weight excluding hydrogens is 504 g/mol. The number of nitrogens with zero attached hydrogens (tertiary/aromatic N) is 3. The molecule has 2 aromatic rings. The van der Waals surface area contributed by atoms with E-state index in [1.54, 1.807) is 0 Å². The van der Waals surface area contributed by atoms with Gasteiger partial charge in [0.15, 0.2) is 6.10 Å². The summed E-state index contributed by atoms with van der Waals surface area (Å²) in [5.74, 6) is -3.68. The first kappa shape index (κ1) is 24.6. The van der Waals surface area contributed by atoms with Gasteiger partial charge in [0, 0.05) is 11.5 Å². The fourth-order valence-electron chi connectivity index (χ4n) is 3.48. The molecular formula is C20H18N4O9S2. The Morgan fingerprint density at radius 2 is 1.94 bits per heavy atom. The third-order valence-electron chi connectivity index (χ3n) is 5.13. The van der Waals surface area contributed by atoms with Gasteiger partial charge in [0.25, 0.3) is 17.0 Å². The Hall–Kier alpha value is -3.56. The van der Waals surface area contributed by atoms with Crippen molar-refractivity contribution in [1.29, 1.82) is 0 Å². The summed E-state index contributed by atoms with van der Waals surface area (Å²) in [6, 6.07) is 4.34. The molecule has 0 saturated carbocycles. The summed E-state index contributed by atoms with van der Waals surface area (Å²) < 4.78 is 5.21. The van der Waals surface area contributed by atoms with Gasteiger partial charge in [-0.05, 0) is 23.3 Å². The predicted octanol–water partition coefficient (Wildman–Crippen LogP) is -0.0334. The topological polar surface area (TPSA) is 203 Å². The molecule has 1 aromatic carbocycles. The molecule has 1 saturated heterocycles. The van der Waals surface area contributed by atoms with Gasteiger partial charge in [-0.2, -0.15) is 0 Å². The number of rotatable bonds is 9. The monoisotopic (exact) mass is 522 g/mol. The van der Waals surface area contributed by atoms with Crippen molar-refractivity contribution in [2.45, 2.75) is 29.2 Å². The molecule has 15 heteroatoms. The van der Waals surface area contributed by atoms with Gasteiger partial charge in [-0.15, -0.1) is 22.0 Å². The second-order valence-corrected chi connectivity index (χ2v) is 9.50. The smallest absolute Gasteiger partial charge is 0.352 e. The number of hydrogen-bond donors (Lipinski definition) is 5. The molecule has 2 aliphatic rings. The molecule has 0 aliphatic carbocycles. The first-order chi connectivity index (χ1) is 16.7. The molecule has 0 bridgehead atoms. The molecule has 184 valence electrons. The van der Waals surface area contributed by atoms with Crippen LogP contribution >= 0.6 is 23.5 Å². The van der Waals surface area contributed by atoms with Crippen LogP contribution in [0.3, 0.4) is 0 Å². The molecule has 13 nitrogen and oxygen atoms in total. The summed E-state index contributed by atoms with van der Waals surface area (Å²) in [5, 5.41) is 47.3. The zero-order valence-corrected chi connectivity index (χ0v) is 19.3. The fraction of sp³-hybridized carbons (Fsp3) is 0.300. The Bertz CT molecular complexity index is 1210. The van der Waals surface area contributed by atoms with Gasteiger partial charge in [0.1, 0.15) is 29.3 Å². The third kappa shape index (κ3) is 5.11. The number of carboxylic acid groups (broad SMARTS) is 2. The number of thioether (sulfide) groups is 2. The fourth-order valence-corrected chi connectivity index (χ4v) is 5.75. The zero-order chi connectivity index (χ0) is 25.3. The van der Waals surface area contributed by atoms with Crippen LogP contribution in [0.4, 0.5) is 0 Å². The average molecular weight is 523 g/mol. The first-order valence-electron chi connectivity index (χ1n) is 10.00. The lowest BCUT2D eigenvalue weighted by atomic mass is 10.0. The Morgan fingerprint density at radius 3 is 2.60 bits per heavy atom. The number of aromatic hydroxyl groups is 1. The summed E-state index contributed by atoms with van der Waals surface area (Å²) in [5.41, 5.74) is 0.434. The molecule has 3 atom stereocenters. The number of aliphatic hydroxyl groups excluding tert-OH is 1. The predicted molar refractivity (Wildman–Crippen MR) is 119 cm³/mol. The van der Waals surface area contributed by atoms with Crippen LogP contribution in [0, 0.1) is 0 Å². The Kier molecular flexibility index (Phi) is 7.00.